The third kappa shape index (κ3) is 2.85. The van der Waals surface area contributed by atoms with Crippen molar-refractivity contribution in [2.75, 3.05) is 5.32 Å². The first-order valence-electron chi connectivity index (χ1n) is 3.92. The van der Waals surface area contributed by atoms with Gasteiger partial charge in [-0.1, -0.05) is 11.6 Å². The van der Waals surface area contributed by atoms with E-state index in [-0.39, 0.29) is 11.9 Å². The van der Waals surface area contributed by atoms with Gasteiger partial charge in [-0.3, -0.25) is 0 Å². The van der Waals surface area contributed by atoms with Crippen molar-refractivity contribution in [3.63, 3.8) is 0 Å². The molecule has 0 saturated carbocycles. The van der Waals surface area contributed by atoms with Gasteiger partial charge in [-0.05, 0) is 41.9 Å². The van der Waals surface area contributed by atoms with E-state index in [1.165, 1.54) is 12.1 Å². The quantitative estimate of drug-likeness (QED) is 0.851. The summed E-state index contributed by atoms with van der Waals surface area (Å²) < 4.78 is 13.4. The average Bonchev–Trinajstić information content (AvgIpc) is 1.96. The van der Waals surface area contributed by atoms with Gasteiger partial charge in [0.25, 0.3) is 0 Å². The van der Waals surface area contributed by atoms with Gasteiger partial charge in [0.2, 0.25) is 0 Å². The summed E-state index contributed by atoms with van der Waals surface area (Å²) in [6.45, 7) is 3.98. The molecule has 4 heteroatoms. The van der Waals surface area contributed by atoms with Crippen LogP contribution in [0.2, 0.25) is 5.02 Å². The molecule has 0 aliphatic heterocycles. The third-order valence-electron chi connectivity index (χ3n) is 1.44. The summed E-state index contributed by atoms with van der Waals surface area (Å²) in [6.07, 6.45) is 0. The van der Waals surface area contributed by atoms with Crippen molar-refractivity contribution in [1.82, 2.24) is 0 Å². The molecule has 1 rings (SSSR count). The minimum atomic E-state index is -0.341. The summed E-state index contributed by atoms with van der Waals surface area (Å²) in [6, 6.07) is 2.94. The lowest BCUT2D eigenvalue weighted by Gasteiger charge is -2.13. The molecule has 1 aromatic carbocycles. The second-order valence-electron chi connectivity index (χ2n) is 3.04. The summed E-state index contributed by atoms with van der Waals surface area (Å²) in [5, 5.41) is 3.51. The predicted octanol–water partition coefficient (Wildman–Crippen LogP) is 4.06. The van der Waals surface area contributed by atoms with Crippen molar-refractivity contribution in [2.24, 2.45) is 0 Å². The SMILES string of the molecule is CC(C)Nc1c(Cl)cc(F)cc1Br. The molecule has 72 valence electrons. The molecule has 0 unspecified atom stereocenters. The van der Waals surface area contributed by atoms with Gasteiger partial charge in [0.1, 0.15) is 5.82 Å². The number of rotatable bonds is 2. The van der Waals surface area contributed by atoms with E-state index in [0.717, 1.165) is 5.69 Å². The van der Waals surface area contributed by atoms with Crippen LogP contribution in [-0.2, 0) is 0 Å². The highest BCUT2D eigenvalue weighted by molar-refractivity contribution is 9.10. The maximum Gasteiger partial charge on any atom is 0.125 e. The maximum atomic E-state index is 12.8. The summed E-state index contributed by atoms with van der Waals surface area (Å²) >= 11 is 9.09. The highest BCUT2D eigenvalue weighted by Crippen LogP contribution is 2.31. The van der Waals surface area contributed by atoms with Crippen LogP contribution in [0.3, 0.4) is 0 Å². The van der Waals surface area contributed by atoms with E-state index in [4.69, 9.17) is 11.6 Å². The molecule has 0 amide bonds. The summed E-state index contributed by atoms with van der Waals surface area (Å²) in [7, 11) is 0. The Morgan fingerprint density at radius 1 is 1.46 bits per heavy atom. The van der Waals surface area contributed by atoms with Crippen LogP contribution in [0.15, 0.2) is 16.6 Å². The zero-order valence-corrected chi connectivity index (χ0v) is 9.71. The van der Waals surface area contributed by atoms with Crippen LogP contribution in [0, 0.1) is 5.82 Å². The Bertz CT molecular complexity index is 291. The molecule has 1 N–H and O–H groups in total. The molecule has 0 aliphatic rings. The van der Waals surface area contributed by atoms with E-state index in [0.29, 0.717) is 9.50 Å². The zero-order valence-electron chi connectivity index (χ0n) is 7.37. The standard InChI is InChI=1S/C9H10BrClFN/c1-5(2)13-9-7(10)3-6(12)4-8(9)11/h3-5,13H,1-2H3. The van der Waals surface area contributed by atoms with Crippen LogP contribution in [0.1, 0.15) is 13.8 Å². The van der Waals surface area contributed by atoms with Crippen molar-refractivity contribution in [1.29, 1.82) is 0 Å². The predicted molar refractivity (Wildman–Crippen MR) is 57.9 cm³/mol. The Balaban J connectivity index is 3.06. The van der Waals surface area contributed by atoms with Gasteiger partial charge in [0.15, 0.2) is 0 Å². The van der Waals surface area contributed by atoms with Crippen molar-refractivity contribution in [3.8, 4) is 0 Å². The Morgan fingerprint density at radius 2 is 2.08 bits per heavy atom. The van der Waals surface area contributed by atoms with Crippen molar-refractivity contribution >= 4 is 33.2 Å². The van der Waals surface area contributed by atoms with Gasteiger partial charge in [-0.15, -0.1) is 0 Å². The van der Waals surface area contributed by atoms with Crippen LogP contribution >= 0.6 is 27.5 Å². The zero-order chi connectivity index (χ0) is 10.0. The number of nitrogens with one attached hydrogen (secondary N) is 1. The summed E-state index contributed by atoms with van der Waals surface area (Å²) in [4.78, 5) is 0. The third-order valence-corrected chi connectivity index (χ3v) is 2.36. The number of hydrogen-bond donors (Lipinski definition) is 1. The lowest BCUT2D eigenvalue weighted by atomic mass is 10.3. The smallest absolute Gasteiger partial charge is 0.125 e. The van der Waals surface area contributed by atoms with Crippen molar-refractivity contribution in [3.05, 3.63) is 27.4 Å². The number of hydrogen-bond acceptors (Lipinski definition) is 1. The van der Waals surface area contributed by atoms with E-state index in [1.807, 2.05) is 13.8 Å². The molecule has 1 aromatic rings. The van der Waals surface area contributed by atoms with Crippen LogP contribution in [0.25, 0.3) is 0 Å². The highest BCUT2D eigenvalue weighted by atomic mass is 79.9. The lowest BCUT2D eigenvalue weighted by molar-refractivity contribution is 0.627. The first-order valence-corrected chi connectivity index (χ1v) is 5.09. The highest BCUT2D eigenvalue weighted by Gasteiger charge is 2.08. The van der Waals surface area contributed by atoms with E-state index < -0.39 is 0 Å². The van der Waals surface area contributed by atoms with Crippen LogP contribution in [-0.4, -0.2) is 6.04 Å². The van der Waals surface area contributed by atoms with Crippen LogP contribution in [0.5, 0.6) is 0 Å². The molecule has 0 atom stereocenters. The Labute approximate surface area is 90.4 Å². The first kappa shape index (κ1) is 10.8. The number of halogens is 3. The maximum absolute atomic E-state index is 12.8. The van der Waals surface area contributed by atoms with Crippen LogP contribution in [0.4, 0.5) is 10.1 Å². The summed E-state index contributed by atoms with van der Waals surface area (Å²) in [5.41, 5.74) is 0.734. The average molecular weight is 267 g/mol. The van der Waals surface area contributed by atoms with Gasteiger partial charge < -0.3 is 5.32 Å². The fraction of sp³-hybridized carbons (Fsp3) is 0.333. The van der Waals surface area contributed by atoms with E-state index in [2.05, 4.69) is 21.2 Å². The molecule has 13 heavy (non-hydrogen) atoms. The number of benzene rings is 1. The molecule has 0 aromatic heterocycles. The molecular formula is C9H10BrClFN. The Morgan fingerprint density at radius 3 is 2.54 bits per heavy atom. The molecular weight excluding hydrogens is 256 g/mol. The lowest BCUT2D eigenvalue weighted by Crippen LogP contribution is -2.10. The molecule has 0 aliphatic carbocycles. The number of anilines is 1. The molecule has 0 saturated heterocycles. The Kier molecular flexibility index (Phi) is 3.56. The van der Waals surface area contributed by atoms with Gasteiger partial charge in [0.05, 0.1) is 10.7 Å². The van der Waals surface area contributed by atoms with E-state index in [9.17, 15) is 4.39 Å². The minimum Gasteiger partial charge on any atom is -0.381 e. The fourth-order valence-electron chi connectivity index (χ4n) is 0.969. The molecule has 0 spiro atoms. The first-order chi connectivity index (χ1) is 6.00. The molecule has 0 bridgehead atoms. The monoisotopic (exact) mass is 265 g/mol. The van der Waals surface area contributed by atoms with Crippen molar-refractivity contribution < 1.29 is 4.39 Å². The largest absolute Gasteiger partial charge is 0.381 e. The normalized spacial score (nSPS) is 10.6. The second-order valence-corrected chi connectivity index (χ2v) is 4.31. The molecule has 0 radical (unpaired) electrons. The second kappa shape index (κ2) is 4.29. The van der Waals surface area contributed by atoms with Gasteiger partial charge in [0, 0.05) is 10.5 Å². The summed E-state index contributed by atoms with van der Waals surface area (Å²) in [5.74, 6) is -0.341. The van der Waals surface area contributed by atoms with E-state index >= 15 is 0 Å². The van der Waals surface area contributed by atoms with Crippen LogP contribution < -0.4 is 5.32 Å². The fourth-order valence-corrected chi connectivity index (χ4v) is 1.89. The Hall–Kier alpha value is -0.280. The molecule has 0 heterocycles. The topological polar surface area (TPSA) is 12.0 Å². The van der Waals surface area contributed by atoms with E-state index in [1.54, 1.807) is 0 Å². The van der Waals surface area contributed by atoms with Gasteiger partial charge in [-0.25, -0.2) is 4.39 Å². The molecule has 1 nitrogen and oxygen atoms in total. The van der Waals surface area contributed by atoms with Crippen molar-refractivity contribution in [2.45, 2.75) is 19.9 Å². The van der Waals surface area contributed by atoms with Gasteiger partial charge in [-0.2, -0.15) is 0 Å². The minimum absolute atomic E-state index is 0.263. The van der Waals surface area contributed by atoms with Gasteiger partial charge >= 0.3 is 0 Å². The molecule has 0 fully saturated rings.